The molecule has 0 aliphatic carbocycles. The average molecular weight is 529 g/mol. The predicted octanol–water partition coefficient (Wildman–Crippen LogP) is 5.88. The van der Waals surface area contributed by atoms with Crippen molar-refractivity contribution in [3.63, 3.8) is 0 Å². The smallest absolute Gasteiger partial charge is 0.229 e. The number of nitrogens with one attached hydrogen (secondary N) is 1. The summed E-state index contributed by atoms with van der Waals surface area (Å²) >= 11 is 0. The highest BCUT2D eigenvalue weighted by Gasteiger charge is 2.20. The highest BCUT2D eigenvalue weighted by atomic mass is 16.5. The molecule has 0 atom stereocenters. The SMILES string of the molecule is CC(C)(C)c1ccc(OCCOc2ccc(/C=N\Nc3cc(N4CCCC4)nc(N4CCCC4)n3)cc2)cc1. The lowest BCUT2D eigenvalue weighted by Crippen LogP contribution is -2.24. The molecule has 39 heavy (non-hydrogen) atoms. The van der Waals surface area contributed by atoms with Crippen LogP contribution in [-0.4, -0.2) is 55.6 Å². The molecule has 0 spiro atoms. The van der Waals surface area contributed by atoms with Crippen LogP contribution in [0, 0.1) is 0 Å². The number of aromatic nitrogens is 2. The van der Waals surface area contributed by atoms with Gasteiger partial charge in [-0.3, -0.25) is 5.43 Å². The lowest BCUT2D eigenvalue weighted by atomic mass is 9.87. The van der Waals surface area contributed by atoms with Gasteiger partial charge in [-0.15, -0.1) is 0 Å². The molecule has 1 N–H and O–H groups in total. The normalized spacial score (nSPS) is 15.8. The summed E-state index contributed by atoms with van der Waals surface area (Å²) in [6, 6.07) is 18.1. The van der Waals surface area contributed by atoms with Gasteiger partial charge in [-0.1, -0.05) is 32.9 Å². The van der Waals surface area contributed by atoms with Gasteiger partial charge < -0.3 is 19.3 Å². The first-order valence-corrected chi connectivity index (χ1v) is 14.1. The van der Waals surface area contributed by atoms with Crippen molar-refractivity contribution in [3.05, 3.63) is 65.7 Å². The van der Waals surface area contributed by atoms with E-state index in [1.807, 2.05) is 42.5 Å². The van der Waals surface area contributed by atoms with Crippen molar-refractivity contribution in [1.29, 1.82) is 0 Å². The van der Waals surface area contributed by atoms with Gasteiger partial charge >= 0.3 is 0 Å². The van der Waals surface area contributed by atoms with Gasteiger partial charge in [0.15, 0.2) is 5.82 Å². The monoisotopic (exact) mass is 528 g/mol. The Bertz CT molecular complexity index is 1190. The third-order valence-electron chi connectivity index (χ3n) is 7.13. The molecule has 2 aliphatic heterocycles. The van der Waals surface area contributed by atoms with E-state index in [-0.39, 0.29) is 5.41 Å². The Morgan fingerprint density at radius 3 is 1.95 bits per heavy atom. The van der Waals surface area contributed by atoms with E-state index >= 15 is 0 Å². The van der Waals surface area contributed by atoms with Crippen molar-refractivity contribution in [1.82, 2.24) is 9.97 Å². The fraction of sp³-hybridized carbons (Fsp3) is 0.452. The van der Waals surface area contributed by atoms with Gasteiger partial charge in [-0.2, -0.15) is 15.1 Å². The van der Waals surface area contributed by atoms with Gasteiger partial charge in [0.2, 0.25) is 5.95 Å². The molecular formula is C31H40N6O2. The summed E-state index contributed by atoms with van der Waals surface area (Å²) in [6.45, 7) is 11.7. The largest absolute Gasteiger partial charge is 0.490 e. The highest BCUT2D eigenvalue weighted by Crippen LogP contribution is 2.26. The first-order chi connectivity index (χ1) is 18.9. The molecule has 0 amide bonds. The average Bonchev–Trinajstić information content (AvgIpc) is 3.67. The lowest BCUT2D eigenvalue weighted by molar-refractivity contribution is 0.217. The third kappa shape index (κ3) is 7.40. The van der Waals surface area contributed by atoms with E-state index in [0.717, 1.165) is 60.8 Å². The number of hydrogen-bond donors (Lipinski definition) is 1. The van der Waals surface area contributed by atoms with E-state index in [1.54, 1.807) is 6.21 Å². The van der Waals surface area contributed by atoms with E-state index in [9.17, 15) is 0 Å². The minimum Gasteiger partial charge on any atom is -0.490 e. The molecule has 206 valence electrons. The number of rotatable bonds is 10. The van der Waals surface area contributed by atoms with E-state index < -0.39 is 0 Å². The van der Waals surface area contributed by atoms with Crippen LogP contribution in [0.5, 0.6) is 11.5 Å². The van der Waals surface area contributed by atoms with Crippen molar-refractivity contribution in [2.24, 2.45) is 5.10 Å². The maximum Gasteiger partial charge on any atom is 0.229 e. The molecule has 2 fully saturated rings. The predicted molar refractivity (Wildman–Crippen MR) is 159 cm³/mol. The first kappa shape index (κ1) is 26.8. The minimum atomic E-state index is 0.137. The Hall–Kier alpha value is -3.81. The molecule has 1 aromatic heterocycles. The van der Waals surface area contributed by atoms with Crippen molar-refractivity contribution in [2.45, 2.75) is 51.9 Å². The summed E-state index contributed by atoms with van der Waals surface area (Å²) in [5, 5.41) is 4.44. The molecule has 3 heterocycles. The Labute approximate surface area is 232 Å². The van der Waals surface area contributed by atoms with Crippen LogP contribution < -0.4 is 24.7 Å². The highest BCUT2D eigenvalue weighted by molar-refractivity contribution is 5.80. The molecule has 0 bridgehead atoms. The maximum absolute atomic E-state index is 5.85. The number of nitrogens with zero attached hydrogens (tertiary/aromatic N) is 5. The van der Waals surface area contributed by atoms with E-state index in [4.69, 9.17) is 19.4 Å². The Morgan fingerprint density at radius 2 is 1.36 bits per heavy atom. The van der Waals surface area contributed by atoms with Crippen LogP contribution >= 0.6 is 0 Å². The zero-order valence-corrected chi connectivity index (χ0v) is 23.4. The lowest BCUT2D eigenvalue weighted by Gasteiger charge is -2.21. The second-order valence-electron chi connectivity index (χ2n) is 11.2. The Kier molecular flexibility index (Phi) is 8.49. The number of ether oxygens (including phenoxy) is 2. The van der Waals surface area contributed by atoms with Crippen molar-refractivity contribution in [2.75, 3.05) is 54.6 Å². The summed E-state index contributed by atoms with van der Waals surface area (Å²) in [5.41, 5.74) is 5.52. The number of anilines is 3. The van der Waals surface area contributed by atoms with Crippen LogP contribution in [0.3, 0.4) is 0 Å². The molecule has 0 radical (unpaired) electrons. The van der Waals surface area contributed by atoms with Crippen molar-refractivity contribution in [3.8, 4) is 11.5 Å². The second-order valence-corrected chi connectivity index (χ2v) is 11.2. The molecule has 0 unspecified atom stereocenters. The quantitative estimate of drug-likeness (QED) is 0.200. The molecule has 3 aromatic rings. The van der Waals surface area contributed by atoms with Crippen LogP contribution in [0.15, 0.2) is 59.7 Å². The summed E-state index contributed by atoms with van der Waals surface area (Å²) in [6.07, 6.45) is 6.60. The van der Waals surface area contributed by atoms with Gasteiger partial charge in [0.25, 0.3) is 0 Å². The summed E-state index contributed by atoms with van der Waals surface area (Å²) in [5.74, 6) is 4.15. The van der Waals surface area contributed by atoms with E-state index in [0.29, 0.717) is 13.2 Å². The first-order valence-electron chi connectivity index (χ1n) is 14.1. The maximum atomic E-state index is 5.85. The molecule has 2 saturated heterocycles. The zero-order chi connectivity index (χ0) is 27.1. The molecular weight excluding hydrogens is 488 g/mol. The number of hydrazone groups is 1. The fourth-order valence-corrected chi connectivity index (χ4v) is 4.84. The van der Waals surface area contributed by atoms with E-state index in [2.05, 4.69) is 53.2 Å². The van der Waals surface area contributed by atoms with Gasteiger partial charge in [0, 0.05) is 32.2 Å². The van der Waals surface area contributed by atoms with Crippen molar-refractivity contribution < 1.29 is 9.47 Å². The van der Waals surface area contributed by atoms with E-state index in [1.165, 1.54) is 31.2 Å². The third-order valence-corrected chi connectivity index (χ3v) is 7.13. The molecule has 2 aromatic carbocycles. The number of benzene rings is 2. The van der Waals surface area contributed by atoms with Gasteiger partial charge in [-0.25, -0.2) is 0 Å². The van der Waals surface area contributed by atoms with Crippen LogP contribution in [0.4, 0.5) is 17.6 Å². The Morgan fingerprint density at radius 1 is 0.795 bits per heavy atom. The fourth-order valence-electron chi connectivity index (χ4n) is 4.84. The molecule has 2 aliphatic rings. The van der Waals surface area contributed by atoms with Crippen molar-refractivity contribution >= 4 is 23.8 Å². The van der Waals surface area contributed by atoms with Gasteiger partial charge in [-0.05, 0) is 78.6 Å². The topological polar surface area (TPSA) is 75.1 Å². The second kappa shape index (κ2) is 12.4. The zero-order valence-electron chi connectivity index (χ0n) is 23.4. The number of hydrogen-bond acceptors (Lipinski definition) is 8. The molecule has 0 saturated carbocycles. The summed E-state index contributed by atoms with van der Waals surface area (Å²) in [7, 11) is 0. The van der Waals surface area contributed by atoms with Crippen LogP contribution in [0.2, 0.25) is 0 Å². The molecule has 8 nitrogen and oxygen atoms in total. The van der Waals surface area contributed by atoms with Gasteiger partial charge in [0.1, 0.15) is 30.5 Å². The standard InChI is InChI=1S/C31H40N6O2/c1-31(2,3)25-10-14-27(15-11-25)39-21-20-38-26-12-8-24(9-13-26)23-32-35-28-22-29(36-16-4-5-17-36)34-30(33-28)37-18-6-7-19-37/h8-15,22-23H,4-7,16-21H2,1-3H3,(H,33,34,35)/b32-23-. The van der Waals surface area contributed by atoms with Crippen LogP contribution in [0.1, 0.15) is 57.6 Å². The van der Waals surface area contributed by atoms with Gasteiger partial charge in [0.05, 0.1) is 6.21 Å². The Balaban J connectivity index is 1.11. The van der Waals surface area contributed by atoms with Crippen LogP contribution in [-0.2, 0) is 5.41 Å². The van der Waals surface area contributed by atoms with Crippen LogP contribution in [0.25, 0.3) is 0 Å². The minimum absolute atomic E-state index is 0.137. The summed E-state index contributed by atoms with van der Waals surface area (Å²) < 4.78 is 11.7. The molecule has 5 rings (SSSR count). The summed E-state index contributed by atoms with van der Waals surface area (Å²) in [4.78, 5) is 14.2. The molecule has 8 heteroatoms.